The zero-order valence-corrected chi connectivity index (χ0v) is 16.0. The highest BCUT2D eigenvalue weighted by atomic mass is 16.6. The summed E-state index contributed by atoms with van der Waals surface area (Å²) in [6, 6.07) is 0.146. The second-order valence-electron chi connectivity index (χ2n) is 8.08. The van der Waals surface area contributed by atoms with Gasteiger partial charge in [-0.2, -0.15) is 0 Å². The Morgan fingerprint density at radius 2 is 1.92 bits per heavy atom. The van der Waals surface area contributed by atoms with Gasteiger partial charge >= 0.3 is 5.97 Å². The average molecular weight is 370 g/mol. The van der Waals surface area contributed by atoms with Crippen molar-refractivity contribution in [1.82, 2.24) is 9.80 Å². The highest BCUT2D eigenvalue weighted by molar-refractivity contribution is 5.69. The van der Waals surface area contributed by atoms with Gasteiger partial charge in [0.05, 0.1) is 6.10 Å². The lowest BCUT2D eigenvalue weighted by Crippen LogP contribution is -2.59. The average Bonchev–Trinajstić information content (AvgIpc) is 2.66. The number of hydrogen-bond acceptors (Lipinski definition) is 7. The van der Waals surface area contributed by atoms with Gasteiger partial charge in [0.2, 0.25) is 0 Å². The number of rotatable bonds is 8. The predicted octanol–water partition coefficient (Wildman–Crippen LogP) is 0.551. The highest BCUT2D eigenvalue weighted by Crippen LogP contribution is 2.33. The van der Waals surface area contributed by atoms with Gasteiger partial charge in [0.1, 0.15) is 6.10 Å². The largest absolute Gasteiger partial charge is 0.443 e. The molecule has 7 nitrogen and oxygen atoms in total. The molecule has 4 aliphatic heterocycles. The summed E-state index contributed by atoms with van der Waals surface area (Å²) in [6.45, 7) is 4.82. The second-order valence-corrected chi connectivity index (χ2v) is 8.08. The number of likely N-dealkylation sites (tertiary alicyclic amines) is 1. The molecule has 2 bridgehead atoms. The molecule has 0 unspecified atom stereocenters. The number of aliphatic hydroxyl groups excluding tert-OH is 1. The number of esters is 1. The van der Waals surface area contributed by atoms with Crippen LogP contribution in [0.15, 0.2) is 0 Å². The van der Waals surface area contributed by atoms with Crippen molar-refractivity contribution < 1.29 is 19.4 Å². The summed E-state index contributed by atoms with van der Waals surface area (Å²) >= 11 is 0. The van der Waals surface area contributed by atoms with E-state index in [9.17, 15) is 9.90 Å². The van der Waals surface area contributed by atoms with Gasteiger partial charge in [-0.15, -0.1) is 0 Å². The van der Waals surface area contributed by atoms with Gasteiger partial charge in [0, 0.05) is 39.2 Å². The number of hydrogen-bond donors (Lipinski definition) is 2. The number of fused-ring (bicyclic) bond motifs is 3. The topological polar surface area (TPSA) is 88.3 Å². The van der Waals surface area contributed by atoms with Crippen molar-refractivity contribution in [3.8, 4) is 0 Å². The summed E-state index contributed by atoms with van der Waals surface area (Å²) < 4.78 is 11.0. The smallest absolute Gasteiger partial charge is 0.307 e. The number of ether oxygens (including phenoxy) is 2. The molecule has 0 spiro atoms. The summed E-state index contributed by atoms with van der Waals surface area (Å²) in [4.78, 5) is 16.6. The van der Waals surface area contributed by atoms with E-state index in [2.05, 4.69) is 9.80 Å². The van der Waals surface area contributed by atoms with Crippen LogP contribution in [0.4, 0.5) is 0 Å². The zero-order chi connectivity index (χ0) is 18.5. The number of piperidine rings is 4. The molecule has 0 amide bonds. The van der Waals surface area contributed by atoms with Crippen LogP contribution in [0, 0.1) is 5.92 Å². The van der Waals surface area contributed by atoms with Gasteiger partial charge in [-0.05, 0) is 51.1 Å². The molecule has 0 aromatic rings. The minimum Gasteiger partial charge on any atom is -0.443 e. The Morgan fingerprint density at radius 1 is 1.15 bits per heavy atom. The third kappa shape index (κ3) is 4.95. The van der Waals surface area contributed by atoms with E-state index in [4.69, 9.17) is 15.2 Å². The number of nitrogens with zero attached hydrogens (tertiary/aromatic N) is 2. The fourth-order valence-corrected chi connectivity index (χ4v) is 4.53. The van der Waals surface area contributed by atoms with E-state index < -0.39 is 12.3 Å². The molecule has 0 saturated carbocycles. The quantitative estimate of drug-likeness (QED) is 0.477. The molecule has 0 aromatic carbocycles. The fourth-order valence-electron chi connectivity index (χ4n) is 4.53. The lowest BCUT2D eigenvalue weighted by atomic mass is 9.84. The lowest BCUT2D eigenvalue weighted by molar-refractivity contribution is -0.200. The van der Waals surface area contributed by atoms with Crippen LogP contribution in [0.5, 0.6) is 0 Å². The van der Waals surface area contributed by atoms with Crippen molar-refractivity contribution in [3.05, 3.63) is 0 Å². The first-order valence-electron chi connectivity index (χ1n) is 10.2. The number of nitrogens with two attached hydrogens (primary N) is 1. The van der Waals surface area contributed by atoms with E-state index in [1.807, 2.05) is 0 Å². The summed E-state index contributed by atoms with van der Waals surface area (Å²) in [5, 5.41) is 10.3. The molecule has 0 radical (unpaired) electrons. The van der Waals surface area contributed by atoms with Gasteiger partial charge in [-0.25, -0.2) is 0 Å². The van der Waals surface area contributed by atoms with Crippen LogP contribution in [0.1, 0.15) is 44.9 Å². The lowest BCUT2D eigenvalue weighted by Gasteiger charge is -2.47. The van der Waals surface area contributed by atoms with Gasteiger partial charge in [-0.3, -0.25) is 9.69 Å². The van der Waals surface area contributed by atoms with E-state index in [0.717, 1.165) is 71.2 Å². The monoisotopic (exact) mass is 369 g/mol. The van der Waals surface area contributed by atoms with Crippen molar-refractivity contribution in [2.75, 3.05) is 39.8 Å². The van der Waals surface area contributed by atoms with Gasteiger partial charge < -0.3 is 25.2 Å². The normalized spacial score (nSPS) is 37.7. The van der Waals surface area contributed by atoms with Crippen molar-refractivity contribution in [2.45, 2.75) is 69.4 Å². The minimum absolute atomic E-state index is 0.131. The minimum atomic E-state index is -0.513. The van der Waals surface area contributed by atoms with Crippen molar-refractivity contribution in [3.63, 3.8) is 0 Å². The summed E-state index contributed by atoms with van der Waals surface area (Å²) in [6.07, 6.45) is 5.56. The maximum absolute atomic E-state index is 12.1. The first-order valence-corrected chi connectivity index (χ1v) is 10.2. The van der Waals surface area contributed by atoms with E-state index in [0.29, 0.717) is 12.3 Å². The van der Waals surface area contributed by atoms with E-state index >= 15 is 0 Å². The summed E-state index contributed by atoms with van der Waals surface area (Å²) in [5.74, 6) is 0.122. The summed E-state index contributed by atoms with van der Waals surface area (Å²) in [7, 11) is 1.73. The molecular formula is C19H35N3O4. The van der Waals surface area contributed by atoms with Crippen molar-refractivity contribution in [2.24, 2.45) is 11.7 Å². The van der Waals surface area contributed by atoms with Crippen molar-refractivity contribution in [1.29, 1.82) is 0 Å². The molecule has 150 valence electrons. The Balaban J connectivity index is 1.27. The van der Waals surface area contributed by atoms with Gasteiger partial charge in [0.25, 0.3) is 0 Å². The third-order valence-electron chi connectivity index (χ3n) is 6.31. The first-order chi connectivity index (χ1) is 12.6. The van der Waals surface area contributed by atoms with Crippen LogP contribution >= 0.6 is 0 Å². The molecule has 4 aliphatic rings. The number of methoxy groups -OCH3 is 1. The molecule has 4 heterocycles. The SMILES string of the molecule is CO[C@H]1CN(CCCCCC(=O)O[C@@H]2[C@H](O)C3CCN2CC3)CC[C@H]1N. The van der Waals surface area contributed by atoms with E-state index in [1.165, 1.54) is 0 Å². The molecular weight excluding hydrogens is 334 g/mol. The Hall–Kier alpha value is -0.730. The number of aliphatic hydroxyl groups is 1. The molecule has 0 aromatic heterocycles. The molecule has 4 fully saturated rings. The van der Waals surface area contributed by atoms with E-state index in [-0.39, 0.29) is 18.1 Å². The third-order valence-corrected chi connectivity index (χ3v) is 6.31. The Bertz CT molecular complexity index is 454. The van der Waals surface area contributed by atoms with Crippen LogP contribution in [-0.4, -0.2) is 85.2 Å². The molecule has 3 N–H and O–H groups in total. The van der Waals surface area contributed by atoms with Crippen LogP contribution in [0.3, 0.4) is 0 Å². The van der Waals surface area contributed by atoms with Gasteiger partial charge in [-0.1, -0.05) is 6.42 Å². The number of unbranched alkanes of at least 4 members (excludes halogenated alkanes) is 2. The summed E-state index contributed by atoms with van der Waals surface area (Å²) in [5.41, 5.74) is 6.05. The van der Waals surface area contributed by atoms with Gasteiger partial charge in [0.15, 0.2) is 6.23 Å². The van der Waals surface area contributed by atoms with Crippen LogP contribution in [0.2, 0.25) is 0 Å². The van der Waals surface area contributed by atoms with Crippen LogP contribution < -0.4 is 5.73 Å². The molecule has 7 heteroatoms. The Kier molecular flexibility index (Phi) is 7.28. The maximum atomic E-state index is 12.1. The van der Waals surface area contributed by atoms with Crippen molar-refractivity contribution >= 4 is 5.97 Å². The number of carbonyl (C=O) groups excluding carboxylic acids is 1. The molecule has 4 saturated heterocycles. The first kappa shape index (κ1) is 20.0. The Morgan fingerprint density at radius 3 is 2.62 bits per heavy atom. The highest BCUT2D eigenvalue weighted by Gasteiger charge is 2.43. The second kappa shape index (κ2) is 9.46. The maximum Gasteiger partial charge on any atom is 0.307 e. The zero-order valence-electron chi connectivity index (χ0n) is 16.0. The molecule has 4 rings (SSSR count). The Labute approximate surface area is 156 Å². The molecule has 26 heavy (non-hydrogen) atoms. The predicted molar refractivity (Wildman–Crippen MR) is 98.5 cm³/mol. The van der Waals surface area contributed by atoms with E-state index in [1.54, 1.807) is 7.11 Å². The van der Waals surface area contributed by atoms with Crippen LogP contribution in [0.25, 0.3) is 0 Å². The molecule has 0 aliphatic carbocycles. The fraction of sp³-hybridized carbons (Fsp3) is 0.947. The standard InChI is InChI=1S/C19H35N3O4/c1-25-16-13-21(10-8-15(16)20)9-4-2-3-5-17(23)26-19-18(24)14-6-11-22(19)12-7-14/h14-16,18-19,24H,2-13,20H2,1H3/t15-,16+,18-,19-/m1/s1. The molecule has 4 atom stereocenters. The van der Waals surface area contributed by atoms with Crippen LogP contribution in [-0.2, 0) is 14.3 Å². The number of carbonyl (C=O) groups is 1.